The van der Waals surface area contributed by atoms with E-state index in [2.05, 4.69) is 20.5 Å². The van der Waals surface area contributed by atoms with Crippen molar-refractivity contribution in [3.63, 3.8) is 0 Å². The molecule has 2 aromatic heterocycles. The number of nitrogens with zero attached hydrogens (tertiary/aromatic N) is 2. The van der Waals surface area contributed by atoms with Crippen LogP contribution in [0.15, 0.2) is 30.3 Å². The SMILES string of the molecule is Oc1ccccc1-c1cc2c(Cl)c(C3CNC3)[nH]c2nn1. The third-order valence-corrected chi connectivity index (χ3v) is 4.30. The number of phenols is 1. The molecule has 3 aromatic rings. The van der Waals surface area contributed by atoms with Gasteiger partial charge in [-0.1, -0.05) is 23.7 Å². The number of hydrogen-bond acceptors (Lipinski definition) is 4. The molecule has 0 spiro atoms. The molecule has 1 saturated heterocycles. The van der Waals surface area contributed by atoms with Crippen LogP contribution < -0.4 is 5.32 Å². The van der Waals surface area contributed by atoms with Crippen molar-refractivity contribution in [2.45, 2.75) is 5.92 Å². The molecule has 106 valence electrons. The molecule has 0 saturated carbocycles. The Morgan fingerprint density at radius 2 is 2.00 bits per heavy atom. The Morgan fingerprint density at radius 1 is 1.19 bits per heavy atom. The van der Waals surface area contributed by atoms with Gasteiger partial charge in [-0.05, 0) is 18.2 Å². The van der Waals surface area contributed by atoms with Crippen LogP contribution >= 0.6 is 11.6 Å². The van der Waals surface area contributed by atoms with E-state index in [9.17, 15) is 5.11 Å². The highest BCUT2D eigenvalue weighted by Gasteiger charge is 2.25. The lowest BCUT2D eigenvalue weighted by atomic mass is 9.99. The lowest BCUT2D eigenvalue weighted by molar-refractivity contribution is 0.442. The van der Waals surface area contributed by atoms with Crippen LogP contribution in [0.1, 0.15) is 11.6 Å². The third kappa shape index (κ3) is 1.97. The maximum atomic E-state index is 9.93. The van der Waals surface area contributed by atoms with Crippen molar-refractivity contribution in [2.24, 2.45) is 0 Å². The molecule has 0 radical (unpaired) electrons. The number of nitrogens with one attached hydrogen (secondary N) is 2. The van der Waals surface area contributed by atoms with Gasteiger partial charge in [0.05, 0.1) is 10.7 Å². The highest BCUT2D eigenvalue weighted by Crippen LogP contribution is 2.35. The third-order valence-electron chi connectivity index (χ3n) is 3.89. The van der Waals surface area contributed by atoms with Crippen LogP contribution in [0.25, 0.3) is 22.3 Å². The number of aromatic nitrogens is 3. The largest absolute Gasteiger partial charge is 0.507 e. The van der Waals surface area contributed by atoms with Gasteiger partial charge in [0, 0.05) is 35.7 Å². The van der Waals surface area contributed by atoms with Gasteiger partial charge in [-0.2, -0.15) is 0 Å². The van der Waals surface area contributed by atoms with Crippen molar-refractivity contribution in [3.05, 3.63) is 41.0 Å². The Balaban J connectivity index is 1.86. The quantitative estimate of drug-likeness (QED) is 0.680. The number of para-hydroxylation sites is 1. The Bertz CT molecular complexity index is 826. The van der Waals surface area contributed by atoms with Gasteiger partial charge in [-0.15, -0.1) is 10.2 Å². The fraction of sp³-hybridized carbons (Fsp3) is 0.200. The molecule has 4 rings (SSSR count). The number of hydrogen-bond donors (Lipinski definition) is 3. The van der Waals surface area contributed by atoms with E-state index in [-0.39, 0.29) is 5.75 Å². The molecule has 0 atom stereocenters. The van der Waals surface area contributed by atoms with E-state index in [0.717, 1.165) is 24.2 Å². The highest BCUT2D eigenvalue weighted by atomic mass is 35.5. The van der Waals surface area contributed by atoms with Crippen LogP contribution in [0, 0.1) is 0 Å². The van der Waals surface area contributed by atoms with Crippen molar-refractivity contribution in [2.75, 3.05) is 13.1 Å². The molecule has 0 unspecified atom stereocenters. The summed E-state index contributed by atoms with van der Waals surface area (Å²) >= 11 is 6.47. The van der Waals surface area contributed by atoms with Gasteiger partial charge >= 0.3 is 0 Å². The molecular formula is C15H13ClN4O. The summed E-state index contributed by atoms with van der Waals surface area (Å²) < 4.78 is 0. The van der Waals surface area contributed by atoms with E-state index < -0.39 is 0 Å². The summed E-state index contributed by atoms with van der Waals surface area (Å²) in [6.45, 7) is 1.85. The molecule has 0 bridgehead atoms. The lowest BCUT2D eigenvalue weighted by Crippen LogP contribution is -2.40. The number of phenolic OH excluding ortho intramolecular Hbond substituents is 1. The van der Waals surface area contributed by atoms with Crippen LogP contribution in [-0.4, -0.2) is 33.4 Å². The van der Waals surface area contributed by atoms with E-state index >= 15 is 0 Å². The van der Waals surface area contributed by atoms with E-state index in [4.69, 9.17) is 11.6 Å². The second-order valence-electron chi connectivity index (χ2n) is 5.22. The first-order valence-electron chi connectivity index (χ1n) is 6.78. The molecule has 3 heterocycles. The first-order valence-corrected chi connectivity index (χ1v) is 7.15. The van der Waals surface area contributed by atoms with E-state index in [1.165, 1.54) is 0 Å². The van der Waals surface area contributed by atoms with Gasteiger partial charge < -0.3 is 15.4 Å². The molecule has 21 heavy (non-hydrogen) atoms. The first-order chi connectivity index (χ1) is 10.2. The Morgan fingerprint density at radius 3 is 2.71 bits per heavy atom. The first kappa shape index (κ1) is 12.6. The molecular weight excluding hydrogens is 288 g/mol. The predicted octanol–water partition coefficient (Wildman–Crippen LogP) is 2.67. The fourth-order valence-corrected chi connectivity index (χ4v) is 2.92. The Labute approximate surface area is 126 Å². The Kier molecular flexibility index (Phi) is 2.83. The van der Waals surface area contributed by atoms with Crippen LogP contribution in [-0.2, 0) is 0 Å². The summed E-state index contributed by atoms with van der Waals surface area (Å²) in [5, 5.41) is 23.1. The zero-order valence-electron chi connectivity index (χ0n) is 11.1. The number of aromatic amines is 1. The van der Waals surface area contributed by atoms with Crippen molar-refractivity contribution >= 4 is 22.6 Å². The second-order valence-corrected chi connectivity index (χ2v) is 5.59. The maximum Gasteiger partial charge on any atom is 0.161 e. The number of fused-ring (bicyclic) bond motifs is 1. The molecule has 0 amide bonds. The lowest BCUT2D eigenvalue weighted by Gasteiger charge is -2.26. The number of halogens is 1. The zero-order chi connectivity index (χ0) is 14.4. The molecule has 5 nitrogen and oxygen atoms in total. The summed E-state index contributed by atoms with van der Waals surface area (Å²) in [7, 11) is 0. The summed E-state index contributed by atoms with van der Waals surface area (Å²) in [6.07, 6.45) is 0. The summed E-state index contributed by atoms with van der Waals surface area (Å²) in [6, 6.07) is 8.93. The van der Waals surface area contributed by atoms with Crippen molar-refractivity contribution in [3.8, 4) is 17.0 Å². The van der Waals surface area contributed by atoms with E-state index in [1.54, 1.807) is 12.1 Å². The summed E-state index contributed by atoms with van der Waals surface area (Å²) in [4.78, 5) is 3.25. The molecule has 1 fully saturated rings. The van der Waals surface area contributed by atoms with E-state index in [0.29, 0.717) is 27.8 Å². The summed E-state index contributed by atoms with van der Waals surface area (Å²) in [5.74, 6) is 0.585. The van der Waals surface area contributed by atoms with Crippen LogP contribution in [0.4, 0.5) is 0 Å². The van der Waals surface area contributed by atoms with Gasteiger partial charge in [0.1, 0.15) is 5.75 Å². The van der Waals surface area contributed by atoms with Gasteiger partial charge in [0.15, 0.2) is 5.65 Å². The van der Waals surface area contributed by atoms with E-state index in [1.807, 2.05) is 18.2 Å². The average Bonchev–Trinajstić information content (AvgIpc) is 2.75. The minimum Gasteiger partial charge on any atom is -0.507 e. The number of H-pyrrole nitrogens is 1. The molecule has 1 aliphatic rings. The zero-order valence-corrected chi connectivity index (χ0v) is 11.9. The van der Waals surface area contributed by atoms with Crippen LogP contribution in [0.5, 0.6) is 5.75 Å². The molecule has 0 aliphatic carbocycles. The minimum absolute atomic E-state index is 0.182. The molecule has 1 aliphatic heterocycles. The van der Waals surface area contributed by atoms with Gasteiger partial charge in [0.2, 0.25) is 0 Å². The predicted molar refractivity (Wildman–Crippen MR) is 81.6 cm³/mol. The maximum absolute atomic E-state index is 9.93. The Hall–Kier alpha value is -2.11. The topological polar surface area (TPSA) is 73.8 Å². The number of aromatic hydroxyl groups is 1. The van der Waals surface area contributed by atoms with Crippen LogP contribution in [0.3, 0.4) is 0 Å². The van der Waals surface area contributed by atoms with Gasteiger partial charge in [-0.3, -0.25) is 0 Å². The normalized spacial score (nSPS) is 15.3. The summed E-state index contributed by atoms with van der Waals surface area (Å²) in [5.41, 5.74) is 2.95. The average molecular weight is 301 g/mol. The molecule has 6 heteroatoms. The molecule has 1 aromatic carbocycles. The van der Waals surface area contributed by atoms with Gasteiger partial charge in [-0.25, -0.2) is 0 Å². The fourth-order valence-electron chi connectivity index (χ4n) is 2.57. The molecule has 3 N–H and O–H groups in total. The van der Waals surface area contributed by atoms with Crippen LogP contribution in [0.2, 0.25) is 5.02 Å². The number of rotatable bonds is 2. The van der Waals surface area contributed by atoms with Crippen molar-refractivity contribution < 1.29 is 5.11 Å². The standard InChI is InChI=1S/C15H13ClN4O/c16-13-10-5-11(9-3-1-2-4-12(9)21)19-20-15(10)18-14(13)8-6-17-7-8/h1-5,8,17,21H,6-7H2,(H,18,20). The minimum atomic E-state index is 0.182. The highest BCUT2D eigenvalue weighted by molar-refractivity contribution is 6.36. The van der Waals surface area contributed by atoms with Crippen molar-refractivity contribution in [1.82, 2.24) is 20.5 Å². The van der Waals surface area contributed by atoms with Crippen molar-refractivity contribution in [1.29, 1.82) is 0 Å². The monoisotopic (exact) mass is 300 g/mol. The van der Waals surface area contributed by atoms with Gasteiger partial charge in [0.25, 0.3) is 0 Å². The smallest absolute Gasteiger partial charge is 0.161 e. The second kappa shape index (κ2) is 4.72. The number of benzene rings is 1.